The lowest BCUT2D eigenvalue weighted by atomic mass is 10.0. The van der Waals surface area contributed by atoms with Gasteiger partial charge >= 0.3 is 0 Å². The molecule has 0 saturated heterocycles. The summed E-state index contributed by atoms with van der Waals surface area (Å²) < 4.78 is 0. The van der Waals surface area contributed by atoms with Crippen molar-refractivity contribution < 1.29 is 19.2 Å². The third-order valence-corrected chi connectivity index (χ3v) is 6.50. The Kier molecular flexibility index (Phi) is 5.07. The summed E-state index contributed by atoms with van der Waals surface area (Å²) in [6.45, 7) is 0.234. The molecule has 160 valence electrons. The van der Waals surface area contributed by atoms with E-state index < -0.39 is 17.7 Å². The first-order valence-electron chi connectivity index (χ1n) is 10.3. The fourth-order valence-corrected chi connectivity index (χ4v) is 4.80. The Hall–Kier alpha value is -3.78. The van der Waals surface area contributed by atoms with E-state index in [1.807, 2.05) is 17.5 Å². The molecule has 2 aromatic carbocycles. The molecule has 0 atom stereocenters. The van der Waals surface area contributed by atoms with Gasteiger partial charge in [0.1, 0.15) is 6.54 Å². The summed E-state index contributed by atoms with van der Waals surface area (Å²) in [4.78, 5) is 53.9. The van der Waals surface area contributed by atoms with E-state index in [1.54, 1.807) is 47.4 Å². The highest BCUT2D eigenvalue weighted by molar-refractivity contribution is 7.12. The van der Waals surface area contributed by atoms with Crippen molar-refractivity contribution in [2.24, 2.45) is 0 Å². The zero-order valence-electron chi connectivity index (χ0n) is 17.0. The van der Waals surface area contributed by atoms with Gasteiger partial charge in [-0.05, 0) is 54.1 Å². The van der Waals surface area contributed by atoms with Crippen LogP contribution in [0.1, 0.15) is 42.4 Å². The number of nitrogens with one attached hydrogen (secondary N) is 1. The number of carbonyl (C=O) groups excluding carboxylic acids is 4. The number of benzene rings is 2. The maximum Gasteiger partial charge on any atom is 0.268 e. The van der Waals surface area contributed by atoms with Gasteiger partial charge in [0.2, 0.25) is 5.91 Å². The van der Waals surface area contributed by atoms with E-state index in [0.29, 0.717) is 28.2 Å². The van der Waals surface area contributed by atoms with Crippen molar-refractivity contribution in [3.8, 4) is 0 Å². The quantitative estimate of drug-likeness (QED) is 0.622. The van der Waals surface area contributed by atoms with Gasteiger partial charge in [-0.1, -0.05) is 24.3 Å². The number of hydrogen-bond donors (Lipinski definition) is 1. The molecule has 0 unspecified atom stereocenters. The average Bonchev–Trinajstić information content (AvgIpc) is 3.42. The summed E-state index contributed by atoms with van der Waals surface area (Å²) in [5, 5.41) is 4.63. The summed E-state index contributed by atoms with van der Waals surface area (Å²) in [7, 11) is 0. The molecule has 2 aliphatic rings. The number of thiophene rings is 1. The first-order chi connectivity index (χ1) is 15.5. The number of hydrogen-bond acceptors (Lipinski definition) is 5. The molecule has 3 aromatic rings. The van der Waals surface area contributed by atoms with Crippen molar-refractivity contribution in [2.45, 2.75) is 12.8 Å². The standard InChI is InChI=1S/C24H19N3O4S/c28-21(14-27-22(29)17-6-1-2-7-18(17)23(27)30)25-16-10-9-15-5-3-11-26(19(15)13-16)24(31)20-8-4-12-32-20/h1-2,4,6-10,12-13H,3,5,11,14H2,(H,25,28). The molecule has 0 bridgehead atoms. The lowest BCUT2D eigenvalue weighted by Crippen LogP contribution is -2.37. The summed E-state index contributed by atoms with van der Waals surface area (Å²) in [5.74, 6) is -1.49. The first-order valence-corrected chi connectivity index (χ1v) is 11.1. The Morgan fingerprint density at radius 2 is 1.72 bits per heavy atom. The zero-order chi connectivity index (χ0) is 22.2. The van der Waals surface area contributed by atoms with Gasteiger partial charge in [-0.3, -0.25) is 24.1 Å². The normalized spacial score (nSPS) is 14.9. The van der Waals surface area contributed by atoms with Crippen LogP contribution in [-0.2, 0) is 11.2 Å². The van der Waals surface area contributed by atoms with Gasteiger partial charge in [-0.2, -0.15) is 0 Å². The smallest absolute Gasteiger partial charge is 0.268 e. The third kappa shape index (κ3) is 3.48. The van der Waals surface area contributed by atoms with Crippen molar-refractivity contribution in [2.75, 3.05) is 23.3 Å². The molecule has 7 nitrogen and oxygen atoms in total. The Balaban J connectivity index is 1.33. The molecule has 3 heterocycles. The number of fused-ring (bicyclic) bond motifs is 2. The van der Waals surface area contributed by atoms with Crippen LogP contribution in [0.4, 0.5) is 11.4 Å². The Morgan fingerprint density at radius 1 is 0.969 bits per heavy atom. The van der Waals surface area contributed by atoms with Crippen molar-refractivity contribution in [3.63, 3.8) is 0 Å². The first kappa shape index (κ1) is 20.1. The molecule has 0 aliphatic carbocycles. The van der Waals surface area contributed by atoms with E-state index in [2.05, 4.69) is 5.32 Å². The van der Waals surface area contributed by atoms with Crippen LogP contribution in [0.2, 0.25) is 0 Å². The second kappa shape index (κ2) is 8.05. The predicted octanol–water partition coefficient (Wildman–Crippen LogP) is 3.58. The van der Waals surface area contributed by atoms with Crippen LogP contribution < -0.4 is 10.2 Å². The molecule has 8 heteroatoms. The zero-order valence-corrected chi connectivity index (χ0v) is 17.9. The highest BCUT2D eigenvalue weighted by atomic mass is 32.1. The van der Waals surface area contributed by atoms with Crippen LogP contribution in [0.3, 0.4) is 0 Å². The number of imide groups is 1. The van der Waals surface area contributed by atoms with Crippen LogP contribution in [0.5, 0.6) is 0 Å². The highest BCUT2D eigenvalue weighted by Gasteiger charge is 2.36. The monoisotopic (exact) mass is 445 g/mol. The molecular weight excluding hydrogens is 426 g/mol. The predicted molar refractivity (Wildman–Crippen MR) is 121 cm³/mol. The van der Waals surface area contributed by atoms with E-state index in [-0.39, 0.29) is 12.5 Å². The molecule has 1 N–H and O–H groups in total. The summed E-state index contributed by atoms with van der Waals surface area (Å²) >= 11 is 1.40. The number of carbonyl (C=O) groups is 4. The molecule has 1 aromatic heterocycles. The molecule has 2 aliphatic heterocycles. The average molecular weight is 446 g/mol. The van der Waals surface area contributed by atoms with Gasteiger partial charge in [0.05, 0.1) is 16.0 Å². The molecule has 32 heavy (non-hydrogen) atoms. The second-order valence-electron chi connectivity index (χ2n) is 7.67. The van der Waals surface area contributed by atoms with Crippen LogP contribution in [0, 0.1) is 0 Å². The fourth-order valence-electron chi connectivity index (χ4n) is 4.12. The van der Waals surface area contributed by atoms with E-state index in [1.165, 1.54) is 11.3 Å². The lowest BCUT2D eigenvalue weighted by Gasteiger charge is -2.29. The maximum atomic E-state index is 12.9. The summed E-state index contributed by atoms with van der Waals surface area (Å²) in [5.41, 5.74) is 2.94. The highest BCUT2D eigenvalue weighted by Crippen LogP contribution is 2.32. The van der Waals surface area contributed by atoms with E-state index in [4.69, 9.17) is 0 Å². The van der Waals surface area contributed by atoms with Crippen LogP contribution in [0.25, 0.3) is 0 Å². The SMILES string of the molecule is O=C(CN1C(=O)c2ccccc2C1=O)Nc1ccc2c(c1)N(C(=O)c1cccs1)CCC2. The minimum Gasteiger partial charge on any atom is -0.324 e. The van der Waals surface area contributed by atoms with Gasteiger partial charge < -0.3 is 10.2 Å². The fraction of sp³-hybridized carbons (Fsp3) is 0.167. The van der Waals surface area contributed by atoms with Crippen molar-refractivity contribution >= 4 is 46.3 Å². The van der Waals surface area contributed by atoms with Gasteiger partial charge in [0, 0.05) is 17.9 Å². The van der Waals surface area contributed by atoms with E-state index in [9.17, 15) is 19.2 Å². The van der Waals surface area contributed by atoms with Gasteiger partial charge in [-0.15, -0.1) is 11.3 Å². The number of anilines is 2. The van der Waals surface area contributed by atoms with Gasteiger partial charge in [-0.25, -0.2) is 0 Å². The van der Waals surface area contributed by atoms with Gasteiger partial charge in [0.25, 0.3) is 17.7 Å². The molecule has 0 spiro atoms. The summed E-state index contributed by atoms with van der Waals surface area (Å²) in [6, 6.07) is 15.6. The molecular formula is C24H19N3O4S. The molecule has 0 saturated carbocycles. The number of rotatable bonds is 4. The third-order valence-electron chi connectivity index (χ3n) is 5.64. The van der Waals surface area contributed by atoms with Crippen LogP contribution in [-0.4, -0.2) is 41.6 Å². The number of nitrogens with zero attached hydrogens (tertiary/aromatic N) is 2. The lowest BCUT2D eigenvalue weighted by molar-refractivity contribution is -0.116. The molecule has 0 radical (unpaired) electrons. The van der Waals surface area contributed by atoms with Crippen molar-refractivity contribution in [3.05, 3.63) is 81.5 Å². The Bertz CT molecular complexity index is 1220. The van der Waals surface area contributed by atoms with Gasteiger partial charge in [0.15, 0.2) is 0 Å². The number of aryl methyl sites for hydroxylation is 1. The van der Waals surface area contributed by atoms with Crippen LogP contribution >= 0.6 is 11.3 Å². The molecule has 5 rings (SSSR count). The Labute approximate surface area is 188 Å². The van der Waals surface area contributed by atoms with Crippen LogP contribution in [0.15, 0.2) is 60.0 Å². The second-order valence-corrected chi connectivity index (χ2v) is 8.62. The number of amides is 4. The largest absolute Gasteiger partial charge is 0.324 e. The van der Waals surface area contributed by atoms with Crippen molar-refractivity contribution in [1.82, 2.24) is 4.90 Å². The molecule has 0 fully saturated rings. The van der Waals surface area contributed by atoms with E-state index in [0.717, 1.165) is 29.0 Å². The minimum atomic E-state index is -0.480. The Morgan fingerprint density at radius 3 is 2.41 bits per heavy atom. The molecule has 4 amide bonds. The topological polar surface area (TPSA) is 86.8 Å². The van der Waals surface area contributed by atoms with Crippen molar-refractivity contribution in [1.29, 1.82) is 0 Å². The summed E-state index contributed by atoms with van der Waals surface area (Å²) in [6.07, 6.45) is 1.72. The van der Waals surface area contributed by atoms with E-state index >= 15 is 0 Å². The maximum absolute atomic E-state index is 12.9. The minimum absolute atomic E-state index is 0.0598.